The molecule has 1 N–H and O–H groups in total. The molecule has 0 aromatic heterocycles. The van der Waals surface area contributed by atoms with Crippen molar-refractivity contribution in [1.29, 1.82) is 0 Å². The van der Waals surface area contributed by atoms with E-state index in [2.05, 4.69) is 6.92 Å². The van der Waals surface area contributed by atoms with Gasteiger partial charge in [0.25, 0.3) is 0 Å². The highest BCUT2D eigenvalue weighted by Gasteiger charge is 2.75. The average Bonchev–Trinajstić information content (AvgIpc) is 2.89. The normalized spacial score (nSPS) is 46.5. The Labute approximate surface area is 186 Å². The Morgan fingerprint density at radius 2 is 1.93 bits per heavy atom. The van der Waals surface area contributed by atoms with E-state index < -0.39 is 38.8 Å². The van der Waals surface area contributed by atoms with Gasteiger partial charge in [-0.15, -0.1) is 23.5 Å². The molecule has 4 rings (SSSR count). The second-order valence-electron chi connectivity index (χ2n) is 9.67. The van der Waals surface area contributed by atoms with E-state index in [0.717, 1.165) is 5.57 Å². The van der Waals surface area contributed by atoms with E-state index in [4.69, 9.17) is 4.74 Å². The van der Waals surface area contributed by atoms with E-state index in [1.807, 2.05) is 19.4 Å². The molecule has 0 saturated heterocycles. The van der Waals surface area contributed by atoms with Crippen molar-refractivity contribution in [3.8, 4) is 0 Å². The number of carbonyl (C=O) groups is 2. The van der Waals surface area contributed by atoms with Gasteiger partial charge in [0.2, 0.25) is 0 Å². The van der Waals surface area contributed by atoms with Gasteiger partial charge in [-0.1, -0.05) is 18.6 Å². The van der Waals surface area contributed by atoms with Gasteiger partial charge >= 0.3 is 5.97 Å². The maximum Gasteiger partial charge on any atom is 0.303 e. The zero-order chi connectivity index (χ0) is 22.1. The van der Waals surface area contributed by atoms with Crippen molar-refractivity contribution in [2.45, 2.75) is 68.4 Å². The first-order chi connectivity index (χ1) is 14.0. The number of halogens is 1. The maximum atomic E-state index is 17.5. The first-order valence-corrected chi connectivity index (χ1v) is 13.0. The molecule has 0 spiro atoms. The fraction of sp³-hybridized carbons (Fsp3) is 0.739. The Hall–Kier alpha value is -0.790. The maximum absolute atomic E-state index is 17.5. The molecule has 0 aromatic carbocycles. The number of thioether (sulfide) groups is 2. The summed E-state index contributed by atoms with van der Waals surface area (Å²) in [6.07, 6.45) is 9.34. The predicted octanol–water partition coefficient (Wildman–Crippen LogP) is 4.32. The highest BCUT2D eigenvalue weighted by atomic mass is 32.2. The molecule has 30 heavy (non-hydrogen) atoms. The van der Waals surface area contributed by atoms with E-state index in [1.54, 1.807) is 35.7 Å². The molecule has 3 fully saturated rings. The van der Waals surface area contributed by atoms with Crippen molar-refractivity contribution in [2.75, 3.05) is 12.5 Å². The van der Waals surface area contributed by atoms with Crippen LogP contribution in [0.5, 0.6) is 0 Å². The molecule has 3 saturated carbocycles. The van der Waals surface area contributed by atoms with E-state index in [1.165, 1.54) is 13.0 Å². The molecule has 0 amide bonds. The zero-order valence-corrected chi connectivity index (χ0v) is 19.9. The van der Waals surface area contributed by atoms with Crippen LogP contribution in [0.15, 0.2) is 23.8 Å². The summed E-state index contributed by atoms with van der Waals surface area (Å²) >= 11 is 3.27. The molecule has 7 heteroatoms. The van der Waals surface area contributed by atoms with Crippen molar-refractivity contribution in [2.24, 2.45) is 22.7 Å². The third-order valence-electron chi connectivity index (χ3n) is 8.63. The second-order valence-corrected chi connectivity index (χ2v) is 12.0. The quantitative estimate of drug-likeness (QED) is 0.506. The Kier molecular flexibility index (Phi) is 5.31. The summed E-state index contributed by atoms with van der Waals surface area (Å²) in [6, 6.07) is 0. The number of aliphatic hydroxyl groups is 1. The molecule has 166 valence electrons. The number of hydrogen-bond acceptors (Lipinski definition) is 6. The number of hydrogen-bond donors (Lipinski definition) is 1. The van der Waals surface area contributed by atoms with Gasteiger partial charge in [0.05, 0.1) is 10.2 Å². The van der Waals surface area contributed by atoms with E-state index in [0.29, 0.717) is 25.7 Å². The minimum atomic E-state index is -1.82. The molecule has 7 atom stereocenters. The molecular formula is C23H31FO4S2. The fourth-order valence-corrected chi connectivity index (χ4v) is 10.1. The second kappa shape index (κ2) is 7.11. The Morgan fingerprint density at radius 1 is 1.27 bits per heavy atom. The number of carbonyl (C=O) groups excluding carboxylic acids is 2. The highest BCUT2D eigenvalue weighted by Crippen LogP contribution is 2.73. The molecule has 4 aliphatic rings. The van der Waals surface area contributed by atoms with Gasteiger partial charge < -0.3 is 9.84 Å². The van der Waals surface area contributed by atoms with Crippen molar-refractivity contribution >= 4 is 35.3 Å². The summed E-state index contributed by atoms with van der Waals surface area (Å²) in [5, 5.41) is 11.2. The minimum absolute atomic E-state index is 0.0337. The number of rotatable bonds is 3. The average molecular weight is 455 g/mol. The van der Waals surface area contributed by atoms with Crippen LogP contribution in [0.2, 0.25) is 0 Å². The SMILES string of the molecule is CSC1(SC)[C@H](O)C[C@H]2[C@@H]3CCC4=CC(=O)C=C[C@]4(C)[C@@]3(F)[C@@H](OC(C)=O)C[C@@]21C. The van der Waals surface area contributed by atoms with Gasteiger partial charge in [-0.2, -0.15) is 0 Å². The first kappa shape index (κ1) is 22.4. The molecule has 0 bridgehead atoms. The summed E-state index contributed by atoms with van der Waals surface area (Å²) in [4.78, 5) is 24.1. The summed E-state index contributed by atoms with van der Waals surface area (Å²) in [5.74, 6) is -1.01. The molecule has 0 aromatic rings. The molecule has 4 nitrogen and oxygen atoms in total. The van der Waals surface area contributed by atoms with Crippen LogP contribution in [0.1, 0.15) is 46.5 Å². The smallest absolute Gasteiger partial charge is 0.303 e. The van der Waals surface area contributed by atoms with Gasteiger partial charge in [-0.05, 0) is 63.2 Å². The third-order valence-corrected chi connectivity index (χ3v) is 12.3. The lowest BCUT2D eigenvalue weighted by molar-refractivity contribution is -0.209. The summed E-state index contributed by atoms with van der Waals surface area (Å²) in [6.45, 7) is 5.31. The lowest BCUT2D eigenvalue weighted by Gasteiger charge is -2.63. The van der Waals surface area contributed by atoms with Crippen molar-refractivity contribution in [1.82, 2.24) is 0 Å². The largest absolute Gasteiger partial charge is 0.459 e. The van der Waals surface area contributed by atoms with E-state index in [9.17, 15) is 14.7 Å². The minimum Gasteiger partial charge on any atom is -0.459 e. The van der Waals surface area contributed by atoms with Crippen LogP contribution in [0.25, 0.3) is 0 Å². The Bertz CT molecular complexity index is 837. The van der Waals surface area contributed by atoms with Crippen molar-refractivity contribution < 1.29 is 23.8 Å². The predicted molar refractivity (Wildman–Crippen MR) is 119 cm³/mol. The Morgan fingerprint density at radius 3 is 2.53 bits per heavy atom. The number of ketones is 1. The van der Waals surface area contributed by atoms with Crippen LogP contribution in [0, 0.1) is 22.7 Å². The number of esters is 1. The number of alkyl halides is 1. The van der Waals surface area contributed by atoms with Gasteiger partial charge in [-0.3, -0.25) is 9.59 Å². The summed E-state index contributed by atoms with van der Waals surface area (Å²) in [7, 11) is 0. The van der Waals surface area contributed by atoms with E-state index in [-0.39, 0.29) is 17.6 Å². The molecule has 0 heterocycles. The lowest BCUT2D eigenvalue weighted by Crippen LogP contribution is -2.68. The monoisotopic (exact) mass is 454 g/mol. The van der Waals surface area contributed by atoms with Crippen LogP contribution in [-0.4, -0.2) is 51.3 Å². The molecule has 0 radical (unpaired) electrons. The van der Waals surface area contributed by atoms with Crippen LogP contribution >= 0.6 is 23.5 Å². The summed E-state index contributed by atoms with van der Waals surface area (Å²) < 4.78 is 22.8. The molecule has 0 unspecified atom stereocenters. The standard InChI is InChI=1S/C23H31FO4S2/c1-13(25)28-19-12-21(3)17(11-18(27)23(21,29-4)30-5)16-7-6-14-10-15(26)8-9-20(14,2)22(16,19)24/h8-10,16-19,27H,6-7,11-12H2,1-5H3/t16-,17-,18+,19-,20-,21-,22-/m0/s1. The number of fused-ring (bicyclic) bond motifs is 5. The van der Waals surface area contributed by atoms with Gasteiger partial charge in [-0.25, -0.2) is 4.39 Å². The summed E-state index contributed by atoms with van der Waals surface area (Å²) in [5.41, 5.74) is -2.43. The Balaban J connectivity index is 1.89. The lowest BCUT2D eigenvalue weighted by atomic mass is 9.46. The molecule has 0 aliphatic heterocycles. The van der Waals surface area contributed by atoms with Gasteiger partial charge in [0.15, 0.2) is 11.5 Å². The topological polar surface area (TPSA) is 63.6 Å². The van der Waals surface area contributed by atoms with Gasteiger partial charge in [0, 0.05) is 23.7 Å². The highest BCUT2D eigenvalue weighted by molar-refractivity contribution is 8.17. The van der Waals surface area contributed by atoms with Gasteiger partial charge in [0.1, 0.15) is 6.10 Å². The molecule has 4 aliphatic carbocycles. The number of allylic oxidation sites excluding steroid dienone is 4. The van der Waals surface area contributed by atoms with Crippen LogP contribution < -0.4 is 0 Å². The van der Waals surface area contributed by atoms with Crippen LogP contribution in [-0.2, 0) is 14.3 Å². The first-order valence-electron chi connectivity index (χ1n) is 10.6. The van der Waals surface area contributed by atoms with Crippen LogP contribution in [0.3, 0.4) is 0 Å². The molecular weight excluding hydrogens is 423 g/mol. The van der Waals surface area contributed by atoms with E-state index >= 15 is 4.39 Å². The van der Waals surface area contributed by atoms with Crippen LogP contribution in [0.4, 0.5) is 4.39 Å². The zero-order valence-electron chi connectivity index (χ0n) is 18.2. The number of ether oxygens (including phenoxy) is 1. The van der Waals surface area contributed by atoms with Crippen molar-refractivity contribution in [3.63, 3.8) is 0 Å². The van der Waals surface area contributed by atoms with Crippen molar-refractivity contribution in [3.05, 3.63) is 23.8 Å². The number of aliphatic hydroxyl groups excluding tert-OH is 1. The fourth-order valence-electron chi connectivity index (χ4n) is 7.28. The third kappa shape index (κ3) is 2.57.